The molecule has 0 saturated carbocycles. The Bertz CT molecular complexity index is 1060. The fourth-order valence-corrected chi connectivity index (χ4v) is 2.50. The highest BCUT2D eigenvalue weighted by molar-refractivity contribution is 5.95. The molecule has 7 heteroatoms. The van der Waals surface area contributed by atoms with Crippen LogP contribution in [-0.2, 0) is 4.79 Å². The van der Waals surface area contributed by atoms with Gasteiger partial charge in [0.15, 0.2) is 0 Å². The van der Waals surface area contributed by atoms with E-state index in [1.807, 2.05) is 24.3 Å². The fourth-order valence-electron chi connectivity index (χ4n) is 2.50. The highest BCUT2D eigenvalue weighted by Gasteiger charge is 2.09. The third kappa shape index (κ3) is 5.68. The fraction of sp³-hybridized carbons (Fsp3) is 0.0870. The Hall–Kier alpha value is -4.13. The maximum atomic E-state index is 12.0. The Kier molecular flexibility index (Phi) is 6.78. The summed E-state index contributed by atoms with van der Waals surface area (Å²) in [5.74, 6) is 0.820. The molecule has 0 atom stereocenters. The number of nitrogens with one attached hydrogen (secondary N) is 1. The van der Waals surface area contributed by atoms with Gasteiger partial charge < -0.3 is 13.9 Å². The number of amides is 1. The van der Waals surface area contributed by atoms with Gasteiger partial charge in [0.1, 0.15) is 17.3 Å². The number of esters is 1. The monoisotopic (exact) mass is 404 g/mol. The number of aryl methyl sites for hydroxylation is 1. The van der Waals surface area contributed by atoms with E-state index in [1.54, 1.807) is 50.4 Å². The minimum absolute atomic E-state index is 0.355. The van der Waals surface area contributed by atoms with Crippen molar-refractivity contribution in [2.75, 3.05) is 7.11 Å². The van der Waals surface area contributed by atoms with Crippen LogP contribution in [0, 0.1) is 6.92 Å². The second-order valence-electron chi connectivity index (χ2n) is 6.19. The van der Waals surface area contributed by atoms with E-state index >= 15 is 0 Å². The van der Waals surface area contributed by atoms with Gasteiger partial charge in [-0.2, -0.15) is 5.10 Å². The van der Waals surface area contributed by atoms with E-state index in [1.165, 1.54) is 18.6 Å². The number of carbonyl (C=O) groups excluding carboxylic acids is 2. The van der Waals surface area contributed by atoms with Crippen LogP contribution in [0.2, 0.25) is 0 Å². The van der Waals surface area contributed by atoms with Crippen molar-refractivity contribution in [3.8, 4) is 11.5 Å². The quantitative estimate of drug-likeness (QED) is 0.211. The van der Waals surface area contributed by atoms with Crippen molar-refractivity contribution in [2.24, 2.45) is 5.10 Å². The van der Waals surface area contributed by atoms with E-state index in [4.69, 9.17) is 13.9 Å². The van der Waals surface area contributed by atoms with Gasteiger partial charge in [-0.3, -0.25) is 4.79 Å². The van der Waals surface area contributed by atoms with Crippen molar-refractivity contribution in [1.29, 1.82) is 0 Å². The molecule has 0 aliphatic heterocycles. The molecule has 0 unspecified atom stereocenters. The molecule has 0 saturated heterocycles. The van der Waals surface area contributed by atoms with Crippen LogP contribution < -0.4 is 14.9 Å². The normalized spacial score (nSPS) is 11.0. The predicted octanol–water partition coefficient (Wildman–Crippen LogP) is 3.98. The zero-order valence-electron chi connectivity index (χ0n) is 16.5. The molecule has 2 aromatic carbocycles. The van der Waals surface area contributed by atoms with Crippen LogP contribution in [0.1, 0.15) is 27.2 Å². The van der Waals surface area contributed by atoms with E-state index in [-0.39, 0.29) is 5.91 Å². The van der Waals surface area contributed by atoms with Crippen LogP contribution in [0.25, 0.3) is 6.08 Å². The molecule has 1 aromatic heterocycles. The maximum Gasteiger partial charge on any atom is 0.336 e. The number of hydrogen-bond donors (Lipinski definition) is 1. The molecule has 0 aliphatic rings. The summed E-state index contributed by atoms with van der Waals surface area (Å²) in [4.78, 5) is 23.9. The molecular weight excluding hydrogens is 384 g/mol. The maximum absolute atomic E-state index is 12.0. The van der Waals surface area contributed by atoms with Crippen LogP contribution >= 0.6 is 0 Å². The third-order valence-electron chi connectivity index (χ3n) is 4.11. The van der Waals surface area contributed by atoms with Crippen LogP contribution in [0.5, 0.6) is 11.5 Å². The lowest BCUT2D eigenvalue weighted by atomic mass is 10.2. The van der Waals surface area contributed by atoms with Crippen molar-refractivity contribution in [1.82, 2.24) is 5.43 Å². The van der Waals surface area contributed by atoms with E-state index < -0.39 is 5.97 Å². The minimum atomic E-state index is -0.491. The number of hydrogen-bond acceptors (Lipinski definition) is 6. The molecule has 1 heterocycles. The van der Waals surface area contributed by atoms with Gasteiger partial charge in [0, 0.05) is 6.08 Å². The molecule has 3 rings (SSSR count). The highest BCUT2D eigenvalue weighted by Crippen LogP contribution is 2.14. The van der Waals surface area contributed by atoms with Gasteiger partial charge in [-0.15, -0.1) is 0 Å². The molecule has 0 aliphatic carbocycles. The Balaban J connectivity index is 1.51. The first kappa shape index (κ1) is 20.6. The summed E-state index contributed by atoms with van der Waals surface area (Å²) in [5.41, 5.74) is 4.44. The number of nitrogens with zero attached hydrogens (tertiary/aromatic N) is 1. The van der Waals surface area contributed by atoms with Gasteiger partial charge in [-0.25, -0.2) is 10.2 Å². The number of furan rings is 1. The second-order valence-corrected chi connectivity index (χ2v) is 6.19. The number of hydrazone groups is 1. The molecule has 1 N–H and O–H groups in total. The standard InChI is InChI=1S/C23H20N2O5/c1-16-21(13-14-29-16)23(27)25-24-15-18-5-10-20(11-6-18)30-22(26)12-7-17-3-8-19(28-2)9-4-17/h3-15H,1-2H3,(H,25,27)/b12-7+,24-15-. The summed E-state index contributed by atoms with van der Waals surface area (Å²) in [6, 6.07) is 15.6. The molecular formula is C23H20N2O5. The van der Waals surface area contributed by atoms with Gasteiger partial charge in [0.25, 0.3) is 5.91 Å². The van der Waals surface area contributed by atoms with Gasteiger partial charge >= 0.3 is 5.97 Å². The van der Waals surface area contributed by atoms with Crippen molar-refractivity contribution >= 4 is 24.2 Å². The molecule has 0 spiro atoms. The summed E-state index contributed by atoms with van der Waals surface area (Å²) in [5, 5.41) is 3.91. The molecule has 152 valence electrons. The minimum Gasteiger partial charge on any atom is -0.497 e. The van der Waals surface area contributed by atoms with Crippen molar-refractivity contribution in [3.63, 3.8) is 0 Å². The third-order valence-corrected chi connectivity index (χ3v) is 4.11. The molecule has 0 radical (unpaired) electrons. The lowest BCUT2D eigenvalue weighted by Gasteiger charge is -2.02. The van der Waals surface area contributed by atoms with Crippen LogP contribution in [0.4, 0.5) is 0 Å². The van der Waals surface area contributed by atoms with Crippen molar-refractivity contribution in [3.05, 3.63) is 89.4 Å². The molecule has 0 fully saturated rings. The number of methoxy groups -OCH3 is 1. The van der Waals surface area contributed by atoms with Crippen molar-refractivity contribution < 1.29 is 23.5 Å². The number of carbonyl (C=O) groups is 2. The first-order chi connectivity index (χ1) is 14.5. The first-order valence-electron chi connectivity index (χ1n) is 9.06. The topological polar surface area (TPSA) is 90.1 Å². The molecule has 1 amide bonds. The summed E-state index contributed by atoms with van der Waals surface area (Å²) < 4.78 is 15.4. The van der Waals surface area contributed by atoms with Gasteiger partial charge in [0.05, 0.1) is 25.2 Å². The number of rotatable bonds is 7. The first-order valence-corrected chi connectivity index (χ1v) is 9.06. The molecule has 0 bridgehead atoms. The summed E-state index contributed by atoms with van der Waals surface area (Å²) >= 11 is 0. The van der Waals surface area contributed by atoms with Gasteiger partial charge in [0.2, 0.25) is 0 Å². The van der Waals surface area contributed by atoms with E-state index in [2.05, 4.69) is 10.5 Å². The predicted molar refractivity (Wildman–Crippen MR) is 113 cm³/mol. The van der Waals surface area contributed by atoms with E-state index in [9.17, 15) is 9.59 Å². The summed E-state index contributed by atoms with van der Waals surface area (Å²) in [7, 11) is 1.59. The lowest BCUT2D eigenvalue weighted by Crippen LogP contribution is -2.17. The van der Waals surface area contributed by atoms with E-state index in [0.717, 1.165) is 16.9 Å². The molecule has 30 heavy (non-hydrogen) atoms. The van der Waals surface area contributed by atoms with Crippen LogP contribution in [-0.4, -0.2) is 25.2 Å². The SMILES string of the molecule is COc1ccc(/C=C/C(=O)Oc2ccc(/C=N\NC(=O)c3ccoc3C)cc2)cc1. The van der Waals surface area contributed by atoms with Gasteiger partial charge in [-0.05, 0) is 66.6 Å². The van der Waals surface area contributed by atoms with Crippen LogP contribution in [0.15, 0.2) is 76.5 Å². The summed E-state index contributed by atoms with van der Waals surface area (Å²) in [6.45, 7) is 1.70. The molecule has 7 nitrogen and oxygen atoms in total. The van der Waals surface area contributed by atoms with Crippen LogP contribution in [0.3, 0.4) is 0 Å². The largest absolute Gasteiger partial charge is 0.497 e. The second kappa shape index (κ2) is 9.88. The van der Waals surface area contributed by atoms with Crippen molar-refractivity contribution in [2.45, 2.75) is 6.92 Å². The number of ether oxygens (including phenoxy) is 2. The average molecular weight is 404 g/mol. The zero-order valence-corrected chi connectivity index (χ0v) is 16.5. The average Bonchev–Trinajstić information content (AvgIpc) is 3.20. The Morgan fingerprint density at radius 3 is 2.27 bits per heavy atom. The summed E-state index contributed by atoms with van der Waals surface area (Å²) in [6.07, 6.45) is 5.94. The Morgan fingerprint density at radius 2 is 1.63 bits per heavy atom. The van der Waals surface area contributed by atoms with E-state index in [0.29, 0.717) is 17.1 Å². The molecule has 3 aromatic rings. The zero-order chi connectivity index (χ0) is 21.3. The van der Waals surface area contributed by atoms with Gasteiger partial charge in [-0.1, -0.05) is 12.1 Å². The highest BCUT2D eigenvalue weighted by atomic mass is 16.5. The number of benzene rings is 2. The smallest absolute Gasteiger partial charge is 0.336 e. The Labute approximate surface area is 173 Å². The lowest BCUT2D eigenvalue weighted by molar-refractivity contribution is -0.128. The Morgan fingerprint density at radius 1 is 0.967 bits per heavy atom.